The molecule has 21 heavy (non-hydrogen) atoms. The fraction of sp³-hybridized carbons (Fsp3) is 0.875. The minimum absolute atomic E-state index is 0.0922. The zero-order valence-electron chi connectivity index (χ0n) is 13.6. The molecular weight excluding hydrogens is 268 g/mol. The average molecular weight is 296 g/mol. The predicted molar refractivity (Wildman–Crippen MR) is 80.9 cm³/mol. The topological polar surface area (TPSA) is 49.9 Å². The third-order valence-corrected chi connectivity index (χ3v) is 4.12. The van der Waals surface area contributed by atoms with Gasteiger partial charge in [0.05, 0.1) is 6.42 Å². The first-order valence-corrected chi connectivity index (χ1v) is 8.09. The Labute approximate surface area is 127 Å². The van der Waals surface area contributed by atoms with E-state index in [0.717, 1.165) is 26.1 Å². The summed E-state index contributed by atoms with van der Waals surface area (Å²) in [5, 5.41) is 0. The molecule has 0 saturated carbocycles. The van der Waals surface area contributed by atoms with E-state index >= 15 is 0 Å². The monoisotopic (exact) mass is 296 g/mol. The van der Waals surface area contributed by atoms with E-state index in [1.165, 1.54) is 19.4 Å². The number of fused-ring (bicyclic) bond motifs is 1. The molecule has 2 rings (SSSR count). The number of esters is 1. The van der Waals surface area contributed by atoms with Crippen LogP contribution in [0, 0.1) is 0 Å². The number of nitrogens with zero attached hydrogens (tertiary/aromatic N) is 2. The lowest BCUT2D eigenvalue weighted by molar-refractivity contribution is -0.156. The summed E-state index contributed by atoms with van der Waals surface area (Å²) >= 11 is 0. The number of carbonyl (C=O) groups is 2. The zero-order valence-corrected chi connectivity index (χ0v) is 13.6. The third kappa shape index (κ3) is 4.99. The standard InChI is InChI=1S/C16H28N2O3/c1-16(2,3)21-15(20)8-7-14(19)18-11-5-10-17-9-4-6-13(17)12-18/h13H,4-12H2,1-3H3. The average Bonchev–Trinajstić information content (AvgIpc) is 2.71. The van der Waals surface area contributed by atoms with Gasteiger partial charge in [0, 0.05) is 32.1 Å². The molecule has 120 valence electrons. The number of rotatable bonds is 3. The van der Waals surface area contributed by atoms with Gasteiger partial charge < -0.3 is 9.64 Å². The minimum Gasteiger partial charge on any atom is -0.460 e. The second-order valence-corrected chi connectivity index (χ2v) is 7.11. The van der Waals surface area contributed by atoms with Crippen LogP contribution in [0.5, 0.6) is 0 Å². The van der Waals surface area contributed by atoms with E-state index in [9.17, 15) is 9.59 Å². The normalized spacial score (nSPS) is 23.6. The molecule has 0 radical (unpaired) electrons. The van der Waals surface area contributed by atoms with Crippen molar-refractivity contribution in [1.82, 2.24) is 9.80 Å². The van der Waals surface area contributed by atoms with E-state index in [-0.39, 0.29) is 24.7 Å². The van der Waals surface area contributed by atoms with Crippen LogP contribution in [0.15, 0.2) is 0 Å². The van der Waals surface area contributed by atoms with Crippen LogP contribution in [0.1, 0.15) is 52.9 Å². The van der Waals surface area contributed by atoms with Crippen LogP contribution in [-0.4, -0.2) is 59.5 Å². The second kappa shape index (κ2) is 6.77. The molecule has 2 heterocycles. The number of hydrogen-bond acceptors (Lipinski definition) is 4. The summed E-state index contributed by atoms with van der Waals surface area (Å²) in [5.74, 6) is -0.192. The molecule has 2 saturated heterocycles. The van der Waals surface area contributed by atoms with Gasteiger partial charge in [0.25, 0.3) is 0 Å². The lowest BCUT2D eigenvalue weighted by atomic mass is 10.2. The van der Waals surface area contributed by atoms with E-state index in [0.29, 0.717) is 6.04 Å². The quantitative estimate of drug-likeness (QED) is 0.745. The molecule has 5 heteroatoms. The number of hydrogen-bond donors (Lipinski definition) is 0. The van der Waals surface area contributed by atoms with Crippen LogP contribution in [0.4, 0.5) is 0 Å². The van der Waals surface area contributed by atoms with Crippen molar-refractivity contribution < 1.29 is 14.3 Å². The van der Waals surface area contributed by atoms with Gasteiger partial charge in [-0.2, -0.15) is 0 Å². The maximum atomic E-state index is 12.3. The summed E-state index contributed by atoms with van der Waals surface area (Å²) in [6, 6.07) is 0.526. The van der Waals surface area contributed by atoms with Crippen LogP contribution in [-0.2, 0) is 14.3 Å². The molecule has 0 aromatic carbocycles. The highest BCUT2D eigenvalue weighted by Gasteiger charge is 2.30. The summed E-state index contributed by atoms with van der Waals surface area (Å²) in [4.78, 5) is 28.5. The Morgan fingerprint density at radius 3 is 2.52 bits per heavy atom. The molecular formula is C16H28N2O3. The van der Waals surface area contributed by atoms with E-state index in [2.05, 4.69) is 4.90 Å². The Bertz CT molecular complexity index is 389. The zero-order chi connectivity index (χ0) is 15.5. The highest BCUT2D eigenvalue weighted by atomic mass is 16.6. The third-order valence-electron chi connectivity index (χ3n) is 4.12. The molecule has 2 fully saturated rings. The van der Waals surface area contributed by atoms with Crippen molar-refractivity contribution in [3.63, 3.8) is 0 Å². The van der Waals surface area contributed by atoms with Crippen molar-refractivity contribution >= 4 is 11.9 Å². The first kappa shape index (κ1) is 16.3. The Hall–Kier alpha value is -1.10. The fourth-order valence-corrected chi connectivity index (χ4v) is 3.19. The van der Waals surface area contributed by atoms with Gasteiger partial charge in [-0.25, -0.2) is 0 Å². The molecule has 0 bridgehead atoms. The maximum Gasteiger partial charge on any atom is 0.306 e. The van der Waals surface area contributed by atoms with E-state index in [1.807, 2.05) is 25.7 Å². The lowest BCUT2D eigenvalue weighted by Gasteiger charge is -2.26. The van der Waals surface area contributed by atoms with Crippen LogP contribution in [0.3, 0.4) is 0 Å². The Morgan fingerprint density at radius 2 is 1.81 bits per heavy atom. The number of carbonyl (C=O) groups excluding carboxylic acids is 2. The molecule has 2 aliphatic heterocycles. The van der Waals surface area contributed by atoms with E-state index in [1.54, 1.807) is 0 Å². The van der Waals surface area contributed by atoms with E-state index < -0.39 is 5.60 Å². The van der Waals surface area contributed by atoms with Gasteiger partial charge in [0.1, 0.15) is 5.60 Å². The van der Waals surface area contributed by atoms with Crippen LogP contribution < -0.4 is 0 Å². The van der Waals surface area contributed by atoms with Gasteiger partial charge in [-0.15, -0.1) is 0 Å². The molecule has 0 N–H and O–H groups in total. The molecule has 0 aromatic heterocycles. The van der Waals surface area contributed by atoms with Gasteiger partial charge in [-0.05, 0) is 46.6 Å². The molecule has 1 atom stereocenters. The van der Waals surface area contributed by atoms with Crippen molar-refractivity contribution in [2.75, 3.05) is 26.2 Å². The largest absolute Gasteiger partial charge is 0.460 e. The second-order valence-electron chi connectivity index (χ2n) is 7.11. The summed E-state index contributed by atoms with van der Waals surface area (Å²) in [5.41, 5.74) is -0.479. The molecule has 1 amide bonds. The molecule has 0 aromatic rings. The Balaban J connectivity index is 1.78. The summed E-state index contributed by atoms with van der Waals surface area (Å²) in [6.45, 7) is 9.45. The molecule has 2 aliphatic rings. The van der Waals surface area contributed by atoms with Crippen molar-refractivity contribution in [3.05, 3.63) is 0 Å². The molecule has 0 spiro atoms. The van der Waals surface area contributed by atoms with Crippen LogP contribution in [0.25, 0.3) is 0 Å². The molecule has 5 nitrogen and oxygen atoms in total. The summed E-state index contributed by atoms with van der Waals surface area (Å²) in [7, 11) is 0. The minimum atomic E-state index is -0.479. The first-order valence-electron chi connectivity index (χ1n) is 8.09. The van der Waals surface area contributed by atoms with Gasteiger partial charge >= 0.3 is 5.97 Å². The highest BCUT2D eigenvalue weighted by Crippen LogP contribution is 2.21. The maximum absolute atomic E-state index is 12.3. The van der Waals surface area contributed by atoms with Gasteiger partial charge in [0.15, 0.2) is 0 Å². The SMILES string of the molecule is CC(C)(C)OC(=O)CCC(=O)N1CCCN2CCCC2C1. The summed E-state index contributed by atoms with van der Waals surface area (Å²) < 4.78 is 5.25. The van der Waals surface area contributed by atoms with Crippen molar-refractivity contribution in [2.24, 2.45) is 0 Å². The summed E-state index contributed by atoms with van der Waals surface area (Å²) in [6.07, 6.45) is 3.91. The predicted octanol–water partition coefficient (Wildman–Crippen LogP) is 1.80. The van der Waals surface area contributed by atoms with Gasteiger partial charge in [-0.3, -0.25) is 14.5 Å². The van der Waals surface area contributed by atoms with Crippen molar-refractivity contribution in [3.8, 4) is 0 Å². The van der Waals surface area contributed by atoms with Gasteiger partial charge in [-0.1, -0.05) is 0 Å². The fourth-order valence-electron chi connectivity index (χ4n) is 3.19. The lowest BCUT2D eigenvalue weighted by Crippen LogP contribution is -2.39. The highest BCUT2D eigenvalue weighted by molar-refractivity contribution is 5.81. The van der Waals surface area contributed by atoms with Gasteiger partial charge in [0.2, 0.25) is 5.91 Å². The Kier molecular flexibility index (Phi) is 5.25. The number of ether oxygens (including phenoxy) is 1. The smallest absolute Gasteiger partial charge is 0.306 e. The molecule has 1 unspecified atom stereocenters. The first-order chi connectivity index (χ1) is 9.85. The van der Waals surface area contributed by atoms with Crippen LogP contribution in [0.2, 0.25) is 0 Å². The van der Waals surface area contributed by atoms with Crippen molar-refractivity contribution in [2.45, 2.75) is 64.5 Å². The van der Waals surface area contributed by atoms with E-state index in [4.69, 9.17) is 4.74 Å². The van der Waals surface area contributed by atoms with Crippen molar-refractivity contribution in [1.29, 1.82) is 0 Å². The Morgan fingerprint density at radius 1 is 1.10 bits per heavy atom. The molecule has 0 aliphatic carbocycles. The van der Waals surface area contributed by atoms with Crippen LogP contribution >= 0.6 is 0 Å². The number of amides is 1.